The molecule has 0 aromatic rings. The van der Waals surface area contributed by atoms with E-state index in [2.05, 4.69) is 39.5 Å². The molecule has 0 N–H and O–H groups in total. The van der Waals surface area contributed by atoms with Crippen LogP contribution in [0.2, 0.25) is 0 Å². The van der Waals surface area contributed by atoms with Crippen LogP contribution in [0.4, 0.5) is 0 Å². The Bertz CT molecular complexity index is 172. The minimum absolute atomic E-state index is 0.523. The second-order valence-corrected chi connectivity index (χ2v) is 6.78. The molecule has 0 aliphatic carbocycles. The molecule has 1 fully saturated rings. The fraction of sp³-hybridized carbons (Fsp3) is 1.00. The first-order chi connectivity index (χ1) is 6.88. The van der Waals surface area contributed by atoms with Crippen LogP contribution < -0.4 is 0 Å². The Hall–Kier alpha value is -0.0400. The van der Waals surface area contributed by atoms with E-state index in [9.17, 15) is 0 Å². The molecule has 1 nitrogen and oxygen atoms in total. The van der Waals surface area contributed by atoms with Gasteiger partial charge in [-0.15, -0.1) is 0 Å². The summed E-state index contributed by atoms with van der Waals surface area (Å²) in [5.41, 5.74) is 0.523. The first kappa shape index (κ1) is 13.0. The summed E-state index contributed by atoms with van der Waals surface area (Å²) >= 11 is 0. The second-order valence-electron chi connectivity index (χ2n) is 6.78. The quantitative estimate of drug-likeness (QED) is 0.625. The number of unbranched alkanes of at least 4 members (excludes halogenated alkanes) is 1. The van der Waals surface area contributed by atoms with Crippen LogP contribution in [0.5, 0.6) is 0 Å². The lowest BCUT2D eigenvalue weighted by molar-refractivity contribution is 0.0663. The second kappa shape index (κ2) is 5.34. The zero-order valence-corrected chi connectivity index (χ0v) is 11.3. The van der Waals surface area contributed by atoms with Gasteiger partial charge in [-0.05, 0) is 36.6 Å². The maximum absolute atomic E-state index is 2.62. The minimum atomic E-state index is 0.523. The van der Waals surface area contributed by atoms with Crippen LogP contribution in [0.1, 0.15) is 53.9 Å². The van der Waals surface area contributed by atoms with Gasteiger partial charge in [-0.1, -0.05) is 41.0 Å². The monoisotopic (exact) mass is 211 g/mol. The minimum Gasteiger partial charge on any atom is -0.303 e. The fourth-order valence-corrected chi connectivity index (χ4v) is 2.20. The molecular formula is C14H29N. The van der Waals surface area contributed by atoms with Gasteiger partial charge in [0.15, 0.2) is 0 Å². The third-order valence-electron chi connectivity index (χ3n) is 3.58. The van der Waals surface area contributed by atoms with Crippen LogP contribution >= 0.6 is 0 Å². The van der Waals surface area contributed by atoms with Crippen LogP contribution in [0.3, 0.4) is 0 Å². The topological polar surface area (TPSA) is 3.24 Å². The van der Waals surface area contributed by atoms with E-state index in [0.717, 1.165) is 11.8 Å². The summed E-state index contributed by atoms with van der Waals surface area (Å²) in [6.07, 6.45) is 4.16. The van der Waals surface area contributed by atoms with Gasteiger partial charge in [0.25, 0.3) is 0 Å². The highest BCUT2D eigenvalue weighted by Crippen LogP contribution is 2.25. The number of nitrogens with zero attached hydrogens (tertiary/aromatic N) is 1. The molecule has 0 radical (unpaired) electrons. The van der Waals surface area contributed by atoms with Crippen LogP contribution in [-0.2, 0) is 0 Å². The van der Waals surface area contributed by atoms with Gasteiger partial charge < -0.3 is 4.90 Å². The van der Waals surface area contributed by atoms with Gasteiger partial charge in [0, 0.05) is 13.1 Å². The Balaban J connectivity index is 1.95. The van der Waals surface area contributed by atoms with Gasteiger partial charge in [-0.3, -0.25) is 0 Å². The van der Waals surface area contributed by atoms with E-state index in [-0.39, 0.29) is 0 Å². The zero-order valence-electron chi connectivity index (χ0n) is 11.3. The highest BCUT2D eigenvalue weighted by atomic mass is 15.2. The average Bonchev–Trinajstić information content (AvgIpc) is 1.97. The predicted octanol–water partition coefficient (Wildman–Crippen LogP) is 3.79. The Morgan fingerprint density at radius 2 is 1.73 bits per heavy atom. The molecule has 0 saturated carbocycles. The number of hydrogen-bond acceptors (Lipinski definition) is 1. The van der Waals surface area contributed by atoms with Gasteiger partial charge in [0.05, 0.1) is 0 Å². The summed E-state index contributed by atoms with van der Waals surface area (Å²) < 4.78 is 0. The van der Waals surface area contributed by atoms with Crippen molar-refractivity contribution >= 4 is 0 Å². The molecule has 0 atom stereocenters. The van der Waals surface area contributed by atoms with E-state index >= 15 is 0 Å². The molecule has 0 amide bonds. The smallest absolute Gasteiger partial charge is 0.00245 e. The molecular weight excluding hydrogens is 182 g/mol. The fourth-order valence-electron chi connectivity index (χ4n) is 2.20. The van der Waals surface area contributed by atoms with Crippen molar-refractivity contribution in [2.45, 2.75) is 53.9 Å². The van der Waals surface area contributed by atoms with Gasteiger partial charge in [-0.2, -0.15) is 0 Å². The van der Waals surface area contributed by atoms with E-state index in [4.69, 9.17) is 0 Å². The Kier molecular flexibility index (Phi) is 4.64. The van der Waals surface area contributed by atoms with Crippen LogP contribution in [0.15, 0.2) is 0 Å². The van der Waals surface area contributed by atoms with E-state index < -0.39 is 0 Å². The Morgan fingerprint density at radius 3 is 2.20 bits per heavy atom. The molecule has 1 heterocycles. The summed E-state index contributed by atoms with van der Waals surface area (Å²) in [6.45, 7) is 15.8. The molecule has 1 aliphatic rings. The third kappa shape index (κ3) is 5.01. The molecule has 0 spiro atoms. The maximum Gasteiger partial charge on any atom is 0.00245 e. The Morgan fingerprint density at radius 1 is 1.13 bits per heavy atom. The summed E-state index contributed by atoms with van der Waals surface area (Å²) in [5, 5.41) is 0. The van der Waals surface area contributed by atoms with Crippen molar-refractivity contribution in [1.82, 2.24) is 4.90 Å². The molecule has 0 bridgehead atoms. The highest BCUT2D eigenvalue weighted by molar-refractivity contribution is 4.81. The molecule has 90 valence electrons. The first-order valence-corrected chi connectivity index (χ1v) is 6.61. The van der Waals surface area contributed by atoms with Gasteiger partial charge in [-0.25, -0.2) is 0 Å². The van der Waals surface area contributed by atoms with Crippen molar-refractivity contribution in [2.75, 3.05) is 19.6 Å². The predicted molar refractivity (Wildman–Crippen MR) is 68.1 cm³/mol. The molecule has 15 heavy (non-hydrogen) atoms. The summed E-state index contributed by atoms with van der Waals surface area (Å²) in [6, 6.07) is 0. The zero-order chi connectivity index (χ0) is 11.5. The number of likely N-dealkylation sites (tertiary alicyclic amines) is 1. The van der Waals surface area contributed by atoms with E-state index in [1.807, 2.05) is 0 Å². The van der Waals surface area contributed by atoms with Crippen molar-refractivity contribution in [3.63, 3.8) is 0 Å². The van der Waals surface area contributed by atoms with E-state index in [1.165, 1.54) is 38.9 Å². The Labute approximate surface area is 96.2 Å². The lowest BCUT2D eigenvalue weighted by Gasteiger charge is -2.41. The van der Waals surface area contributed by atoms with Crippen LogP contribution in [-0.4, -0.2) is 24.5 Å². The lowest BCUT2D eigenvalue weighted by atomic mass is 9.87. The maximum atomic E-state index is 2.62. The van der Waals surface area contributed by atoms with Crippen LogP contribution in [0, 0.1) is 17.3 Å². The molecule has 1 aliphatic heterocycles. The van der Waals surface area contributed by atoms with Gasteiger partial charge >= 0.3 is 0 Å². The molecule has 0 aromatic heterocycles. The first-order valence-electron chi connectivity index (χ1n) is 6.61. The van der Waals surface area contributed by atoms with Crippen molar-refractivity contribution in [2.24, 2.45) is 17.3 Å². The number of rotatable bonds is 5. The van der Waals surface area contributed by atoms with Crippen LogP contribution in [0.25, 0.3) is 0 Å². The van der Waals surface area contributed by atoms with Gasteiger partial charge in [0.1, 0.15) is 0 Å². The van der Waals surface area contributed by atoms with E-state index in [1.54, 1.807) is 0 Å². The van der Waals surface area contributed by atoms with Crippen molar-refractivity contribution < 1.29 is 0 Å². The lowest BCUT2D eigenvalue weighted by Crippen LogP contribution is -2.49. The SMILES string of the molecule is CC(C)C1CN(CCCCC(C)(C)C)C1. The summed E-state index contributed by atoms with van der Waals surface area (Å²) in [4.78, 5) is 2.62. The molecule has 0 unspecified atom stereocenters. The molecule has 1 saturated heterocycles. The van der Waals surface area contributed by atoms with Gasteiger partial charge in [0.2, 0.25) is 0 Å². The van der Waals surface area contributed by atoms with Crippen molar-refractivity contribution in [1.29, 1.82) is 0 Å². The number of hydrogen-bond donors (Lipinski definition) is 0. The average molecular weight is 211 g/mol. The van der Waals surface area contributed by atoms with Crippen molar-refractivity contribution in [3.05, 3.63) is 0 Å². The largest absolute Gasteiger partial charge is 0.303 e. The van der Waals surface area contributed by atoms with Crippen molar-refractivity contribution in [3.8, 4) is 0 Å². The highest BCUT2D eigenvalue weighted by Gasteiger charge is 2.28. The molecule has 0 aromatic carbocycles. The van der Waals surface area contributed by atoms with E-state index in [0.29, 0.717) is 5.41 Å². The standard InChI is InChI=1S/C14H29N/c1-12(2)13-10-15(11-13)9-7-6-8-14(3,4)5/h12-13H,6-11H2,1-5H3. The normalized spacial score (nSPS) is 19.6. The molecule has 1 heteroatoms. The summed E-state index contributed by atoms with van der Waals surface area (Å²) in [7, 11) is 0. The third-order valence-corrected chi connectivity index (χ3v) is 3.58. The molecule has 1 rings (SSSR count). The summed E-state index contributed by atoms with van der Waals surface area (Å²) in [5.74, 6) is 1.86.